The van der Waals surface area contributed by atoms with E-state index in [-0.39, 0.29) is 4.90 Å². The van der Waals surface area contributed by atoms with Crippen molar-refractivity contribution < 1.29 is 13.5 Å². The molecule has 100 valence electrons. The minimum Gasteiger partial charge on any atom is -0.393 e. The zero-order valence-electron chi connectivity index (χ0n) is 10.0. The smallest absolute Gasteiger partial charge is 0.244 e. The SMILES string of the molecule is Cc1cc(S(=O)(=O)N2CCC(O)CC2)cnc1Cl. The van der Waals surface area contributed by atoms with Crippen molar-refractivity contribution in [2.24, 2.45) is 0 Å². The standard InChI is InChI=1S/C11H15ClN2O3S/c1-8-6-10(7-13-11(8)12)18(16,17)14-4-2-9(15)3-5-14/h6-7,9,15H,2-5H2,1H3. The minimum absolute atomic E-state index is 0.154. The van der Waals surface area contributed by atoms with Gasteiger partial charge in [0.2, 0.25) is 10.0 Å². The number of pyridine rings is 1. The largest absolute Gasteiger partial charge is 0.393 e. The van der Waals surface area contributed by atoms with Gasteiger partial charge in [0.15, 0.2) is 0 Å². The summed E-state index contributed by atoms with van der Waals surface area (Å²) in [6, 6.07) is 1.52. The molecule has 1 saturated heterocycles. The summed E-state index contributed by atoms with van der Waals surface area (Å²) in [4.78, 5) is 4.02. The third-order valence-electron chi connectivity index (χ3n) is 3.05. The highest BCUT2D eigenvalue weighted by molar-refractivity contribution is 7.89. The first-order valence-corrected chi connectivity index (χ1v) is 7.53. The van der Waals surface area contributed by atoms with Crippen LogP contribution in [0.1, 0.15) is 18.4 Å². The monoisotopic (exact) mass is 290 g/mol. The van der Waals surface area contributed by atoms with Gasteiger partial charge >= 0.3 is 0 Å². The molecule has 1 aliphatic heterocycles. The Labute approximate surface area is 111 Å². The summed E-state index contributed by atoms with van der Waals surface area (Å²) >= 11 is 5.78. The third kappa shape index (κ3) is 2.66. The van der Waals surface area contributed by atoms with Crippen molar-refractivity contribution in [2.45, 2.75) is 30.8 Å². The van der Waals surface area contributed by atoms with Crippen LogP contribution in [0.4, 0.5) is 0 Å². The van der Waals surface area contributed by atoms with Gasteiger partial charge in [-0.05, 0) is 31.4 Å². The Morgan fingerprint density at radius 1 is 1.44 bits per heavy atom. The highest BCUT2D eigenvalue weighted by Gasteiger charge is 2.29. The minimum atomic E-state index is -3.52. The Morgan fingerprint density at radius 2 is 2.06 bits per heavy atom. The molecule has 5 nitrogen and oxygen atoms in total. The molecular weight excluding hydrogens is 276 g/mol. The van der Waals surface area contributed by atoms with Crippen LogP contribution in [0, 0.1) is 6.92 Å². The van der Waals surface area contributed by atoms with Crippen LogP contribution in [0.15, 0.2) is 17.2 Å². The maximum atomic E-state index is 12.3. The Kier molecular flexibility index (Phi) is 3.91. The number of aryl methyl sites for hydroxylation is 1. The fourth-order valence-corrected chi connectivity index (χ4v) is 3.51. The Hall–Kier alpha value is -0.690. The molecule has 2 rings (SSSR count). The predicted octanol–water partition coefficient (Wildman–Crippen LogP) is 1.19. The molecule has 0 bridgehead atoms. The van der Waals surface area contributed by atoms with Gasteiger partial charge in [0.1, 0.15) is 10.0 Å². The first kappa shape index (κ1) is 13.7. The second kappa shape index (κ2) is 5.13. The van der Waals surface area contributed by atoms with Crippen LogP contribution in [0.3, 0.4) is 0 Å². The molecule has 1 fully saturated rings. The highest BCUT2D eigenvalue weighted by Crippen LogP contribution is 2.22. The fraction of sp³-hybridized carbons (Fsp3) is 0.545. The number of sulfonamides is 1. The molecule has 18 heavy (non-hydrogen) atoms. The lowest BCUT2D eigenvalue weighted by atomic mass is 10.1. The van der Waals surface area contributed by atoms with Gasteiger partial charge < -0.3 is 5.11 Å². The number of aromatic nitrogens is 1. The van der Waals surface area contributed by atoms with E-state index in [1.807, 2.05) is 0 Å². The van der Waals surface area contributed by atoms with Gasteiger partial charge in [-0.25, -0.2) is 13.4 Å². The van der Waals surface area contributed by atoms with Crippen molar-refractivity contribution in [3.8, 4) is 0 Å². The summed E-state index contributed by atoms with van der Waals surface area (Å²) in [5.41, 5.74) is 0.634. The Balaban J connectivity index is 2.27. The number of nitrogens with zero attached hydrogens (tertiary/aromatic N) is 2. The summed E-state index contributed by atoms with van der Waals surface area (Å²) in [6.45, 7) is 2.39. The molecule has 0 radical (unpaired) electrons. The molecule has 0 aromatic carbocycles. The zero-order chi connectivity index (χ0) is 13.3. The molecule has 1 aromatic rings. The van der Waals surface area contributed by atoms with Crippen LogP contribution in [-0.2, 0) is 10.0 Å². The Morgan fingerprint density at radius 3 is 2.61 bits per heavy atom. The maximum absolute atomic E-state index is 12.3. The van der Waals surface area contributed by atoms with Gasteiger partial charge in [-0.3, -0.25) is 0 Å². The van der Waals surface area contributed by atoms with E-state index in [0.717, 1.165) is 0 Å². The van der Waals surface area contributed by atoms with Crippen LogP contribution < -0.4 is 0 Å². The summed E-state index contributed by atoms with van der Waals surface area (Å²) in [5.74, 6) is 0. The first-order chi connectivity index (χ1) is 8.41. The van der Waals surface area contributed by atoms with Crippen molar-refractivity contribution in [1.82, 2.24) is 9.29 Å². The predicted molar refractivity (Wildman–Crippen MR) is 68.0 cm³/mol. The van der Waals surface area contributed by atoms with E-state index in [1.165, 1.54) is 16.6 Å². The molecule has 0 aliphatic carbocycles. The van der Waals surface area contributed by atoms with Crippen LogP contribution in [-0.4, -0.2) is 42.0 Å². The molecule has 1 aromatic heterocycles. The van der Waals surface area contributed by atoms with Crippen molar-refractivity contribution in [2.75, 3.05) is 13.1 Å². The summed E-state index contributed by atoms with van der Waals surface area (Å²) < 4.78 is 26.0. The second-order valence-corrected chi connectivity index (χ2v) is 6.71. The van der Waals surface area contributed by atoms with Gasteiger partial charge in [0.25, 0.3) is 0 Å². The molecule has 1 aliphatic rings. The molecule has 0 atom stereocenters. The van der Waals surface area contributed by atoms with E-state index in [2.05, 4.69) is 4.98 Å². The van der Waals surface area contributed by atoms with Gasteiger partial charge in [-0.2, -0.15) is 4.31 Å². The first-order valence-electron chi connectivity index (χ1n) is 5.71. The van der Waals surface area contributed by atoms with E-state index in [1.54, 1.807) is 6.92 Å². The van der Waals surface area contributed by atoms with Crippen LogP contribution in [0.2, 0.25) is 5.15 Å². The third-order valence-corrected chi connectivity index (χ3v) is 5.31. The lowest BCUT2D eigenvalue weighted by Crippen LogP contribution is -2.40. The highest BCUT2D eigenvalue weighted by atomic mass is 35.5. The van der Waals surface area contributed by atoms with E-state index >= 15 is 0 Å². The molecule has 0 amide bonds. The molecule has 0 saturated carbocycles. The van der Waals surface area contributed by atoms with Gasteiger partial charge in [-0.15, -0.1) is 0 Å². The zero-order valence-corrected chi connectivity index (χ0v) is 11.6. The lowest BCUT2D eigenvalue weighted by Gasteiger charge is -2.28. The molecule has 2 heterocycles. The van der Waals surface area contributed by atoms with Crippen LogP contribution in [0.25, 0.3) is 0 Å². The Bertz CT molecular complexity index is 539. The normalized spacial score (nSPS) is 19.1. The average molecular weight is 291 g/mol. The lowest BCUT2D eigenvalue weighted by molar-refractivity contribution is 0.113. The number of hydrogen-bond acceptors (Lipinski definition) is 4. The maximum Gasteiger partial charge on any atom is 0.244 e. The number of hydrogen-bond donors (Lipinski definition) is 1. The van der Waals surface area contributed by atoms with E-state index in [9.17, 15) is 13.5 Å². The second-order valence-electron chi connectivity index (χ2n) is 4.41. The molecule has 7 heteroatoms. The quantitative estimate of drug-likeness (QED) is 0.831. The summed E-state index contributed by atoms with van der Waals surface area (Å²) in [5, 5.41) is 9.70. The molecule has 0 spiro atoms. The number of piperidine rings is 1. The molecular formula is C11H15ClN2O3S. The molecule has 0 unspecified atom stereocenters. The van der Waals surface area contributed by atoms with Crippen molar-refractivity contribution in [1.29, 1.82) is 0 Å². The molecule has 1 N–H and O–H groups in total. The number of aliphatic hydroxyl groups excluding tert-OH is 1. The van der Waals surface area contributed by atoms with E-state index < -0.39 is 16.1 Å². The fourth-order valence-electron chi connectivity index (χ4n) is 1.90. The van der Waals surface area contributed by atoms with Gasteiger partial charge in [0, 0.05) is 19.3 Å². The number of rotatable bonds is 2. The van der Waals surface area contributed by atoms with Crippen LogP contribution >= 0.6 is 11.6 Å². The van der Waals surface area contributed by atoms with E-state index in [4.69, 9.17) is 11.6 Å². The van der Waals surface area contributed by atoms with Gasteiger partial charge in [0.05, 0.1) is 6.10 Å². The average Bonchev–Trinajstić information content (AvgIpc) is 2.33. The van der Waals surface area contributed by atoms with Crippen molar-refractivity contribution in [3.05, 3.63) is 23.0 Å². The van der Waals surface area contributed by atoms with Gasteiger partial charge in [-0.1, -0.05) is 11.6 Å². The topological polar surface area (TPSA) is 70.5 Å². The summed E-state index contributed by atoms with van der Waals surface area (Å²) in [7, 11) is -3.52. The number of aliphatic hydroxyl groups is 1. The van der Waals surface area contributed by atoms with Crippen LogP contribution in [0.5, 0.6) is 0 Å². The van der Waals surface area contributed by atoms with Crippen molar-refractivity contribution >= 4 is 21.6 Å². The number of halogens is 1. The van der Waals surface area contributed by atoms with Crippen molar-refractivity contribution in [3.63, 3.8) is 0 Å². The summed E-state index contributed by atoms with van der Waals surface area (Å²) in [6.07, 6.45) is 1.82. The van der Waals surface area contributed by atoms with E-state index in [0.29, 0.717) is 36.6 Å².